The molecule has 20 heavy (non-hydrogen) atoms. The van der Waals surface area contributed by atoms with E-state index in [1.54, 1.807) is 45.0 Å². The zero-order chi connectivity index (χ0) is 15.2. The van der Waals surface area contributed by atoms with E-state index in [0.29, 0.717) is 11.5 Å². The third-order valence-corrected chi connectivity index (χ3v) is 1.96. The molecule has 1 rings (SSSR count). The third-order valence-electron chi connectivity index (χ3n) is 1.96. The minimum Gasteiger partial charge on any atom is -0.482 e. The minimum absolute atomic E-state index is 0.188. The molecule has 1 aromatic rings. The van der Waals surface area contributed by atoms with E-state index in [9.17, 15) is 9.59 Å². The Balaban J connectivity index is 2.42. The molecule has 0 amide bonds. The van der Waals surface area contributed by atoms with Gasteiger partial charge in [-0.15, -0.1) is 0 Å². The summed E-state index contributed by atoms with van der Waals surface area (Å²) in [7, 11) is 0. The highest BCUT2D eigenvalue weighted by Crippen LogP contribution is 2.17. The number of hydrogen-bond acceptors (Lipinski definition) is 5. The number of hydrogen-bond donors (Lipinski definition) is 1. The first-order chi connectivity index (χ1) is 9.26. The van der Waals surface area contributed by atoms with Crippen LogP contribution in [0.2, 0.25) is 0 Å². The van der Waals surface area contributed by atoms with E-state index in [1.165, 1.54) is 0 Å². The SMILES string of the molecule is CC(C)(C)OC(=O)COc1ccc(OCC(=O)O)cc1. The van der Waals surface area contributed by atoms with Gasteiger partial charge in [-0.3, -0.25) is 0 Å². The summed E-state index contributed by atoms with van der Waals surface area (Å²) in [5, 5.41) is 8.47. The molecule has 0 aliphatic rings. The summed E-state index contributed by atoms with van der Waals surface area (Å²) < 4.78 is 15.3. The zero-order valence-electron chi connectivity index (χ0n) is 11.7. The summed E-state index contributed by atoms with van der Waals surface area (Å²) in [5.41, 5.74) is -0.547. The van der Waals surface area contributed by atoms with Gasteiger partial charge in [0.15, 0.2) is 13.2 Å². The van der Waals surface area contributed by atoms with E-state index >= 15 is 0 Å². The zero-order valence-corrected chi connectivity index (χ0v) is 11.7. The molecule has 0 fully saturated rings. The number of aliphatic carboxylic acids is 1. The minimum atomic E-state index is -1.05. The molecule has 0 aliphatic carbocycles. The predicted octanol–water partition coefficient (Wildman–Crippen LogP) is 1.87. The Hall–Kier alpha value is -2.24. The molecule has 0 spiro atoms. The lowest BCUT2D eigenvalue weighted by Crippen LogP contribution is -2.27. The first-order valence-electron chi connectivity index (χ1n) is 6.05. The van der Waals surface area contributed by atoms with Gasteiger partial charge in [-0.2, -0.15) is 0 Å². The lowest BCUT2D eigenvalue weighted by Gasteiger charge is -2.19. The van der Waals surface area contributed by atoms with E-state index in [0.717, 1.165) is 0 Å². The molecular formula is C14H18O6. The highest BCUT2D eigenvalue weighted by atomic mass is 16.6. The molecule has 1 aromatic carbocycles. The molecule has 1 N–H and O–H groups in total. The summed E-state index contributed by atoms with van der Waals surface area (Å²) in [6.07, 6.45) is 0. The first kappa shape index (κ1) is 15.8. The fourth-order valence-corrected chi connectivity index (χ4v) is 1.29. The molecule has 0 saturated carbocycles. The molecule has 0 radical (unpaired) electrons. The molecule has 6 nitrogen and oxygen atoms in total. The average Bonchev–Trinajstić information content (AvgIpc) is 2.33. The molecule has 0 unspecified atom stereocenters. The van der Waals surface area contributed by atoms with Crippen LogP contribution in [0.3, 0.4) is 0 Å². The highest BCUT2D eigenvalue weighted by molar-refractivity contribution is 5.71. The van der Waals surface area contributed by atoms with Crippen LogP contribution < -0.4 is 9.47 Å². The van der Waals surface area contributed by atoms with Crippen LogP contribution in [0.15, 0.2) is 24.3 Å². The summed E-state index contributed by atoms with van der Waals surface area (Å²) in [6.45, 7) is 4.74. The molecule has 0 atom stereocenters. The Labute approximate surface area is 117 Å². The summed E-state index contributed by atoms with van der Waals surface area (Å²) >= 11 is 0. The van der Waals surface area contributed by atoms with Crippen LogP contribution in [0, 0.1) is 0 Å². The molecule has 0 saturated heterocycles. The molecule has 110 valence electrons. The van der Waals surface area contributed by atoms with Crippen LogP contribution in [-0.4, -0.2) is 35.9 Å². The quantitative estimate of drug-likeness (QED) is 0.802. The maximum Gasteiger partial charge on any atom is 0.344 e. The van der Waals surface area contributed by atoms with Gasteiger partial charge in [-0.1, -0.05) is 0 Å². The number of benzene rings is 1. The Kier molecular flexibility index (Phi) is 5.37. The van der Waals surface area contributed by atoms with E-state index < -0.39 is 24.1 Å². The van der Waals surface area contributed by atoms with Gasteiger partial charge in [-0.05, 0) is 45.0 Å². The number of esters is 1. The third kappa shape index (κ3) is 6.63. The number of rotatable bonds is 6. The van der Waals surface area contributed by atoms with Gasteiger partial charge in [0.2, 0.25) is 0 Å². The Morgan fingerprint density at radius 3 is 1.85 bits per heavy atom. The van der Waals surface area contributed by atoms with Crippen molar-refractivity contribution in [3.8, 4) is 11.5 Å². The van der Waals surface area contributed by atoms with Crippen molar-refractivity contribution in [2.45, 2.75) is 26.4 Å². The molecular weight excluding hydrogens is 264 g/mol. The Morgan fingerprint density at radius 1 is 1.00 bits per heavy atom. The number of carboxylic acid groups (broad SMARTS) is 1. The molecule has 0 heterocycles. The number of carboxylic acids is 1. The topological polar surface area (TPSA) is 82.1 Å². The number of carbonyl (C=O) groups excluding carboxylic acids is 1. The van der Waals surface area contributed by atoms with Gasteiger partial charge in [0.05, 0.1) is 0 Å². The van der Waals surface area contributed by atoms with Crippen molar-refractivity contribution in [3.05, 3.63) is 24.3 Å². The van der Waals surface area contributed by atoms with Gasteiger partial charge in [0.25, 0.3) is 0 Å². The first-order valence-corrected chi connectivity index (χ1v) is 6.05. The monoisotopic (exact) mass is 282 g/mol. The Bertz CT molecular complexity index is 458. The average molecular weight is 282 g/mol. The van der Waals surface area contributed by atoms with Crippen molar-refractivity contribution >= 4 is 11.9 Å². The van der Waals surface area contributed by atoms with Crippen LogP contribution in [0.4, 0.5) is 0 Å². The van der Waals surface area contributed by atoms with Crippen LogP contribution in [0.25, 0.3) is 0 Å². The largest absolute Gasteiger partial charge is 0.482 e. The van der Waals surface area contributed by atoms with Crippen LogP contribution in [0.5, 0.6) is 11.5 Å². The van der Waals surface area contributed by atoms with E-state index in [2.05, 4.69) is 0 Å². The van der Waals surface area contributed by atoms with Crippen molar-refractivity contribution in [1.29, 1.82) is 0 Å². The van der Waals surface area contributed by atoms with Crippen molar-refractivity contribution in [1.82, 2.24) is 0 Å². The van der Waals surface area contributed by atoms with Gasteiger partial charge < -0.3 is 19.3 Å². The molecule has 6 heteroatoms. The summed E-state index contributed by atoms with van der Waals surface area (Å²) in [5.74, 6) is -0.616. The number of carbonyl (C=O) groups is 2. The maximum absolute atomic E-state index is 11.4. The predicted molar refractivity (Wildman–Crippen MR) is 70.9 cm³/mol. The Morgan fingerprint density at radius 2 is 1.45 bits per heavy atom. The second kappa shape index (κ2) is 6.79. The van der Waals surface area contributed by atoms with E-state index in [-0.39, 0.29) is 6.61 Å². The van der Waals surface area contributed by atoms with Crippen molar-refractivity contribution in [2.75, 3.05) is 13.2 Å². The molecule has 0 aromatic heterocycles. The van der Waals surface area contributed by atoms with E-state index in [1.807, 2.05) is 0 Å². The second-order valence-corrected chi connectivity index (χ2v) is 5.03. The van der Waals surface area contributed by atoms with Gasteiger partial charge in [-0.25, -0.2) is 9.59 Å². The lowest BCUT2D eigenvalue weighted by molar-refractivity contribution is -0.157. The summed E-state index contributed by atoms with van der Waals surface area (Å²) in [4.78, 5) is 21.8. The highest BCUT2D eigenvalue weighted by Gasteiger charge is 2.16. The van der Waals surface area contributed by atoms with Crippen LogP contribution >= 0.6 is 0 Å². The van der Waals surface area contributed by atoms with Gasteiger partial charge in [0, 0.05) is 0 Å². The van der Waals surface area contributed by atoms with Crippen molar-refractivity contribution in [2.24, 2.45) is 0 Å². The standard InChI is InChI=1S/C14H18O6/c1-14(2,3)20-13(17)9-19-11-6-4-10(5-7-11)18-8-12(15)16/h4-7H,8-9H2,1-3H3,(H,15,16). The van der Waals surface area contributed by atoms with Crippen molar-refractivity contribution < 1.29 is 28.9 Å². The van der Waals surface area contributed by atoms with Crippen molar-refractivity contribution in [3.63, 3.8) is 0 Å². The molecule has 0 aliphatic heterocycles. The van der Waals surface area contributed by atoms with Crippen LogP contribution in [0.1, 0.15) is 20.8 Å². The van der Waals surface area contributed by atoms with Gasteiger partial charge in [0.1, 0.15) is 17.1 Å². The maximum atomic E-state index is 11.4. The summed E-state index contributed by atoms with van der Waals surface area (Å²) in [6, 6.07) is 6.30. The number of ether oxygens (including phenoxy) is 3. The normalized spacial score (nSPS) is 10.8. The molecule has 0 bridgehead atoms. The van der Waals surface area contributed by atoms with Crippen LogP contribution in [-0.2, 0) is 14.3 Å². The lowest BCUT2D eigenvalue weighted by atomic mass is 10.2. The fourth-order valence-electron chi connectivity index (χ4n) is 1.29. The fraction of sp³-hybridized carbons (Fsp3) is 0.429. The smallest absolute Gasteiger partial charge is 0.344 e. The van der Waals surface area contributed by atoms with E-state index in [4.69, 9.17) is 19.3 Å². The second-order valence-electron chi connectivity index (χ2n) is 5.03. The van der Waals surface area contributed by atoms with Gasteiger partial charge >= 0.3 is 11.9 Å².